The summed E-state index contributed by atoms with van der Waals surface area (Å²) in [7, 11) is -5.16. The van der Waals surface area contributed by atoms with E-state index in [0.29, 0.717) is 5.06 Å². The van der Waals surface area contributed by atoms with E-state index >= 15 is 0 Å². The molecule has 0 radical (unpaired) electrons. The molecule has 0 unspecified atom stereocenters. The molecule has 2 saturated heterocycles. The van der Waals surface area contributed by atoms with E-state index in [1.807, 2.05) is 0 Å². The van der Waals surface area contributed by atoms with Gasteiger partial charge in [0, 0.05) is 12.1 Å². The van der Waals surface area contributed by atoms with Crippen molar-refractivity contribution in [1.29, 1.82) is 5.41 Å². The maximum absolute atomic E-state index is 12.6. The summed E-state index contributed by atoms with van der Waals surface area (Å²) in [5.74, 6) is -1.23. The molecule has 0 spiro atoms. The number of benzene rings is 1. The Morgan fingerprint density at radius 3 is 2.37 bits per heavy atom. The van der Waals surface area contributed by atoms with Gasteiger partial charge in [0.2, 0.25) is 10.4 Å². The molecule has 15 heteroatoms. The molecular weight excluding hydrogens is 444 g/mol. The summed E-state index contributed by atoms with van der Waals surface area (Å²) in [4.78, 5) is 25.6. The predicted molar refractivity (Wildman–Crippen MR) is 88.2 cm³/mol. The molecule has 1 aromatic carbocycles. The van der Waals surface area contributed by atoms with E-state index < -0.39 is 52.0 Å². The standard InChI is InChI=1S/C15H15F3N4O6S.Na/c16-15(17,18)9-3-1-8(2-4-9)13(23)20-12(19)11-6-5-10-7-21(11)14(24)22(10)28-29(25,26)27;/h1-4,10-11H,5-7H2,(H2,19,20,23)(H,25,26,27);/q;+1/p-1/t10-,11+;/m1./s1. The summed E-state index contributed by atoms with van der Waals surface area (Å²) in [5.41, 5.74) is -1.05. The molecule has 30 heavy (non-hydrogen) atoms. The van der Waals surface area contributed by atoms with Gasteiger partial charge in [-0.3, -0.25) is 10.2 Å². The van der Waals surface area contributed by atoms with Crippen LogP contribution in [0.2, 0.25) is 0 Å². The van der Waals surface area contributed by atoms with Crippen LogP contribution in [0.5, 0.6) is 0 Å². The summed E-state index contributed by atoms with van der Waals surface area (Å²) >= 11 is 0. The molecule has 2 aliphatic heterocycles. The van der Waals surface area contributed by atoms with Gasteiger partial charge in [-0.2, -0.15) is 22.5 Å². The number of urea groups is 1. The molecule has 3 rings (SSSR count). The quantitative estimate of drug-likeness (QED) is 0.177. The normalized spacial score (nSPS) is 21.3. The van der Waals surface area contributed by atoms with Crippen LogP contribution in [-0.4, -0.2) is 59.3 Å². The number of alkyl halides is 3. The van der Waals surface area contributed by atoms with Gasteiger partial charge in [-0.1, -0.05) is 0 Å². The van der Waals surface area contributed by atoms with Crippen molar-refractivity contribution >= 4 is 28.2 Å². The maximum Gasteiger partial charge on any atom is 1.00 e. The number of halogens is 3. The summed E-state index contributed by atoms with van der Waals surface area (Å²) in [6.07, 6.45) is -4.16. The predicted octanol–water partition coefficient (Wildman–Crippen LogP) is -1.92. The van der Waals surface area contributed by atoms with Gasteiger partial charge >= 0.3 is 41.8 Å². The number of rotatable bonds is 4. The van der Waals surface area contributed by atoms with Crippen molar-refractivity contribution in [2.75, 3.05) is 6.54 Å². The summed E-state index contributed by atoms with van der Waals surface area (Å²) in [5, 5.41) is 10.7. The van der Waals surface area contributed by atoms with Gasteiger partial charge in [0.25, 0.3) is 5.91 Å². The molecule has 1 aromatic rings. The average molecular weight is 458 g/mol. The van der Waals surface area contributed by atoms with Gasteiger partial charge in [-0.25, -0.2) is 13.2 Å². The SMILES string of the molecule is N=C(NC(=O)c1ccc(C(F)(F)F)cc1)[C@@H]1CC[C@@H]2CN1C(=O)N2OS(=O)(=O)[O-].[Na+]. The number of nitrogens with one attached hydrogen (secondary N) is 2. The van der Waals surface area contributed by atoms with Crippen LogP contribution in [-0.2, 0) is 20.9 Å². The molecule has 3 amide bonds. The van der Waals surface area contributed by atoms with Crippen LogP contribution in [0.25, 0.3) is 0 Å². The maximum atomic E-state index is 12.6. The van der Waals surface area contributed by atoms with Crippen molar-refractivity contribution in [1.82, 2.24) is 15.3 Å². The second kappa shape index (κ2) is 8.80. The largest absolute Gasteiger partial charge is 1.00 e. The van der Waals surface area contributed by atoms with E-state index in [0.717, 1.165) is 29.2 Å². The molecule has 10 nitrogen and oxygen atoms in total. The van der Waals surface area contributed by atoms with Crippen LogP contribution in [0.4, 0.5) is 18.0 Å². The van der Waals surface area contributed by atoms with Gasteiger partial charge in [-0.15, -0.1) is 0 Å². The van der Waals surface area contributed by atoms with Crippen molar-refractivity contribution in [3.8, 4) is 0 Å². The van der Waals surface area contributed by atoms with E-state index in [1.165, 1.54) is 0 Å². The fourth-order valence-corrected chi connectivity index (χ4v) is 3.60. The van der Waals surface area contributed by atoms with E-state index in [1.54, 1.807) is 0 Å². The Labute approximate surface area is 191 Å². The van der Waals surface area contributed by atoms with E-state index in [9.17, 15) is 35.7 Å². The molecular formula is C15H14F3N4NaO6S. The van der Waals surface area contributed by atoms with Crippen LogP contribution >= 0.6 is 0 Å². The fraction of sp³-hybridized carbons (Fsp3) is 0.400. The van der Waals surface area contributed by atoms with Crippen molar-refractivity contribution in [2.24, 2.45) is 0 Å². The minimum atomic E-state index is -5.16. The van der Waals surface area contributed by atoms with Gasteiger partial charge in [-0.05, 0) is 37.1 Å². The third-order valence-electron chi connectivity index (χ3n) is 4.55. The molecule has 2 heterocycles. The first kappa shape index (κ1) is 24.6. The van der Waals surface area contributed by atoms with Crippen LogP contribution in [0, 0.1) is 5.41 Å². The summed E-state index contributed by atoms with van der Waals surface area (Å²) in [6, 6.07) is 0.820. The monoisotopic (exact) mass is 458 g/mol. The third-order valence-corrected chi connectivity index (χ3v) is 4.89. The topological polar surface area (TPSA) is 143 Å². The smallest absolute Gasteiger partial charge is 0.724 e. The Balaban J connectivity index is 0.00000320. The van der Waals surface area contributed by atoms with E-state index in [-0.39, 0.29) is 54.5 Å². The van der Waals surface area contributed by atoms with E-state index in [2.05, 4.69) is 9.60 Å². The first-order valence-corrected chi connectivity index (χ1v) is 9.52. The Morgan fingerprint density at radius 1 is 1.23 bits per heavy atom. The first-order chi connectivity index (χ1) is 13.4. The van der Waals surface area contributed by atoms with Gasteiger partial charge in [0.15, 0.2) is 0 Å². The zero-order valence-corrected chi connectivity index (χ0v) is 18.3. The van der Waals surface area contributed by atoms with Gasteiger partial charge in [0.05, 0.1) is 17.6 Å². The van der Waals surface area contributed by atoms with Crippen molar-refractivity contribution in [2.45, 2.75) is 31.1 Å². The number of hydroxylamine groups is 2. The zero-order valence-electron chi connectivity index (χ0n) is 15.5. The zero-order chi connectivity index (χ0) is 21.6. The number of piperidine rings is 1. The minimum Gasteiger partial charge on any atom is -0.724 e. The van der Waals surface area contributed by atoms with Crippen LogP contribution < -0.4 is 34.9 Å². The molecule has 2 bridgehead atoms. The number of amides is 3. The molecule has 0 saturated carbocycles. The second-order valence-corrected chi connectivity index (χ2v) is 7.40. The van der Waals surface area contributed by atoms with Crippen molar-refractivity contribution in [3.05, 3.63) is 35.4 Å². The Bertz CT molecular complexity index is 956. The molecule has 0 aromatic heterocycles. The molecule has 2 aliphatic rings. The Kier molecular flexibility index (Phi) is 7.21. The first-order valence-electron chi connectivity index (χ1n) is 8.19. The molecule has 2 N–H and O–H groups in total. The van der Waals surface area contributed by atoms with Crippen LogP contribution in [0.3, 0.4) is 0 Å². The van der Waals surface area contributed by atoms with Crippen molar-refractivity contribution < 1.29 is 69.6 Å². The fourth-order valence-electron chi connectivity index (χ4n) is 3.22. The molecule has 2 fully saturated rings. The molecule has 2 atom stereocenters. The number of carbonyl (C=O) groups excluding carboxylic acids is 2. The Morgan fingerprint density at radius 2 is 1.83 bits per heavy atom. The minimum absolute atomic E-state index is 0. The average Bonchev–Trinajstić information content (AvgIpc) is 2.84. The van der Waals surface area contributed by atoms with Crippen LogP contribution in [0.15, 0.2) is 24.3 Å². The van der Waals surface area contributed by atoms with Crippen molar-refractivity contribution in [3.63, 3.8) is 0 Å². The number of hydrogen-bond donors (Lipinski definition) is 2. The number of amidine groups is 1. The number of carbonyl (C=O) groups is 2. The van der Waals surface area contributed by atoms with E-state index in [4.69, 9.17) is 5.41 Å². The number of hydrogen-bond acceptors (Lipinski definition) is 7. The van der Waals surface area contributed by atoms with Gasteiger partial charge in [0.1, 0.15) is 5.84 Å². The van der Waals surface area contributed by atoms with Crippen LogP contribution in [0.1, 0.15) is 28.8 Å². The summed E-state index contributed by atoms with van der Waals surface area (Å²) < 4.78 is 74.2. The van der Waals surface area contributed by atoms with Gasteiger partial charge < -0.3 is 14.8 Å². The third kappa shape index (κ3) is 5.31. The Hall–Kier alpha value is -1.71. The molecule has 0 aliphatic carbocycles. The number of nitrogens with zero attached hydrogens (tertiary/aromatic N) is 2. The molecule has 158 valence electrons. The second-order valence-electron chi connectivity index (χ2n) is 6.43. The number of fused-ring (bicyclic) bond motifs is 2. The summed E-state index contributed by atoms with van der Waals surface area (Å²) in [6.45, 7) is -0.0163.